The SMILES string of the molecule is COc1ccccc1CNC(=O)c1ccc(N2CCC(C)CC2)nn1. The van der Waals surface area contributed by atoms with Crippen LogP contribution in [-0.2, 0) is 6.54 Å². The number of carbonyl (C=O) groups excluding carboxylic acids is 1. The number of methoxy groups -OCH3 is 1. The van der Waals surface area contributed by atoms with Crippen LogP contribution >= 0.6 is 0 Å². The van der Waals surface area contributed by atoms with Crippen LogP contribution < -0.4 is 15.0 Å². The number of carbonyl (C=O) groups is 1. The van der Waals surface area contributed by atoms with Crippen LogP contribution in [0.4, 0.5) is 5.82 Å². The van der Waals surface area contributed by atoms with E-state index in [0.29, 0.717) is 12.2 Å². The molecule has 1 saturated heterocycles. The monoisotopic (exact) mass is 340 g/mol. The van der Waals surface area contributed by atoms with Crippen molar-refractivity contribution in [1.82, 2.24) is 15.5 Å². The molecule has 3 rings (SSSR count). The molecule has 6 nitrogen and oxygen atoms in total. The molecule has 1 aliphatic rings. The van der Waals surface area contributed by atoms with E-state index in [1.165, 1.54) is 12.8 Å². The van der Waals surface area contributed by atoms with Gasteiger partial charge in [-0.25, -0.2) is 0 Å². The average Bonchev–Trinajstić information content (AvgIpc) is 2.67. The first kappa shape index (κ1) is 17.2. The third-order valence-electron chi connectivity index (χ3n) is 4.62. The number of hydrogen-bond donors (Lipinski definition) is 1. The van der Waals surface area contributed by atoms with Crippen molar-refractivity contribution in [3.8, 4) is 5.75 Å². The maximum atomic E-state index is 12.3. The third kappa shape index (κ3) is 4.26. The predicted molar refractivity (Wildman–Crippen MR) is 96.8 cm³/mol. The maximum Gasteiger partial charge on any atom is 0.272 e. The minimum Gasteiger partial charge on any atom is -0.496 e. The zero-order valence-corrected chi connectivity index (χ0v) is 14.7. The van der Waals surface area contributed by atoms with Crippen molar-refractivity contribution in [2.75, 3.05) is 25.1 Å². The smallest absolute Gasteiger partial charge is 0.272 e. The van der Waals surface area contributed by atoms with Gasteiger partial charge in [-0.1, -0.05) is 25.1 Å². The van der Waals surface area contributed by atoms with Crippen LogP contribution in [0.15, 0.2) is 36.4 Å². The van der Waals surface area contributed by atoms with E-state index in [0.717, 1.165) is 36.1 Å². The van der Waals surface area contributed by atoms with Gasteiger partial charge in [-0.2, -0.15) is 0 Å². The zero-order valence-electron chi connectivity index (χ0n) is 14.7. The van der Waals surface area contributed by atoms with Gasteiger partial charge in [-0.3, -0.25) is 4.79 Å². The number of amides is 1. The average molecular weight is 340 g/mol. The molecule has 0 atom stereocenters. The van der Waals surface area contributed by atoms with Crippen molar-refractivity contribution in [2.45, 2.75) is 26.3 Å². The van der Waals surface area contributed by atoms with Gasteiger partial charge in [0.25, 0.3) is 5.91 Å². The summed E-state index contributed by atoms with van der Waals surface area (Å²) in [7, 11) is 1.62. The van der Waals surface area contributed by atoms with Crippen LogP contribution in [0.3, 0.4) is 0 Å². The molecular weight excluding hydrogens is 316 g/mol. The van der Waals surface area contributed by atoms with Crippen molar-refractivity contribution < 1.29 is 9.53 Å². The number of rotatable bonds is 5. The van der Waals surface area contributed by atoms with Crippen molar-refractivity contribution in [1.29, 1.82) is 0 Å². The molecule has 2 aromatic rings. The fourth-order valence-corrected chi connectivity index (χ4v) is 2.97. The van der Waals surface area contributed by atoms with Crippen LogP contribution in [0.2, 0.25) is 0 Å². The summed E-state index contributed by atoms with van der Waals surface area (Å²) in [6, 6.07) is 11.2. The van der Waals surface area contributed by atoms with Gasteiger partial charge in [0.15, 0.2) is 11.5 Å². The quantitative estimate of drug-likeness (QED) is 0.906. The second-order valence-corrected chi connectivity index (χ2v) is 6.44. The molecule has 1 amide bonds. The van der Waals surface area contributed by atoms with Crippen LogP contribution in [0.5, 0.6) is 5.75 Å². The van der Waals surface area contributed by atoms with Crippen molar-refractivity contribution >= 4 is 11.7 Å². The number of anilines is 1. The highest BCUT2D eigenvalue weighted by Crippen LogP contribution is 2.21. The van der Waals surface area contributed by atoms with Crippen LogP contribution in [0.1, 0.15) is 35.8 Å². The molecule has 0 saturated carbocycles. The molecule has 1 N–H and O–H groups in total. The molecule has 1 fully saturated rings. The van der Waals surface area contributed by atoms with E-state index < -0.39 is 0 Å². The van der Waals surface area contributed by atoms with Gasteiger partial charge in [0.05, 0.1) is 7.11 Å². The van der Waals surface area contributed by atoms with E-state index in [9.17, 15) is 4.79 Å². The van der Waals surface area contributed by atoms with Crippen LogP contribution in [0, 0.1) is 5.92 Å². The summed E-state index contributed by atoms with van der Waals surface area (Å²) in [6.07, 6.45) is 2.34. The summed E-state index contributed by atoms with van der Waals surface area (Å²) in [5.74, 6) is 2.12. The number of ether oxygens (including phenoxy) is 1. The van der Waals surface area contributed by atoms with Gasteiger partial charge in [-0.05, 0) is 37.0 Å². The summed E-state index contributed by atoms with van der Waals surface area (Å²) in [4.78, 5) is 14.5. The van der Waals surface area contributed by atoms with Gasteiger partial charge in [-0.15, -0.1) is 10.2 Å². The molecule has 2 heterocycles. The van der Waals surface area contributed by atoms with Crippen molar-refractivity contribution in [2.24, 2.45) is 5.92 Å². The molecule has 25 heavy (non-hydrogen) atoms. The topological polar surface area (TPSA) is 67.3 Å². The molecule has 1 aliphatic heterocycles. The van der Waals surface area contributed by atoms with E-state index >= 15 is 0 Å². The Balaban J connectivity index is 1.59. The lowest BCUT2D eigenvalue weighted by atomic mass is 9.99. The zero-order chi connectivity index (χ0) is 17.6. The second kappa shape index (κ2) is 7.96. The van der Waals surface area contributed by atoms with Gasteiger partial charge in [0, 0.05) is 25.2 Å². The molecule has 6 heteroatoms. The Labute approximate surface area is 148 Å². The summed E-state index contributed by atoms with van der Waals surface area (Å²) >= 11 is 0. The Bertz CT molecular complexity index is 710. The Morgan fingerprint density at radius 2 is 1.96 bits per heavy atom. The Kier molecular flexibility index (Phi) is 5.48. The number of nitrogens with zero attached hydrogens (tertiary/aromatic N) is 3. The van der Waals surface area contributed by atoms with E-state index in [4.69, 9.17) is 4.74 Å². The second-order valence-electron chi connectivity index (χ2n) is 6.44. The first-order chi connectivity index (χ1) is 12.2. The third-order valence-corrected chi connectivity index (χ3v) is 4.62. The highest BCUT2D eigenvalue weighted by Gasteiger charge is 2.18. The van der Waals surface area contributed by atoms with E-state index in [2.05, 4.69) is 27.3 Å². The van der Waals surface area contributed by atoms with E-state index in [-0.39, 0.29) is 5.91 Å². The van der Waals surface area contributed by atoms with Crippen molar-refractivity contribution in [3.63, 3.8) is 0 Å². The number of hydrogen-bond acceptors (Lipinski definition) is 5. The molecule has 0 spiro atoms. The van der Waals surface area contributed by atoms with Crippen LogP contribution in [-0.4, -0.2) is 36.3 Å². The highest BCUT2D eigenvalue weighted by atomic mass is 16.5. The Morgan fingerprint density at radius 1 is 1.20 bits per heavy atom. The summed E-state index contributed by atoms with van der Waals surface area (Å²) < 4.78 is 5.29. The predicted octanol–water partition coefficient (Wildman–Crippen LogP) is 2.65. The Hall–Kier alpha value is -2.63. The molecule has 1 aromatic heterocycles. The van der Waals surface area contributed by atoms with E-state index in [1.54, 1.807) is 13.2 Å². The van der Waals surface area contributed by atoms with Crippen molar-refractivity contribution in [3.05, 3.63) is 47.7 Å². The molecular formula is C19H24N4O2. The normalized spacial score (nSPS) is 15.0. The summed E-state index contributed by atoms with van der Waals surface area (Å²) in [6.45, 7) is 4.65. The Morgan fingerprint density at radius 3 is 2.64 bits per heavy atom. The largest absolute Gasteiger partial charge is 0.496 e. The van der Waals surface area contributed by atoms with Gasteiger partial charge in [0.2, 0.25) is 0 Å². The lowest BCUT2D eigenvalue weighted by Gasteiger charge is -2.30. The lowest BCUT2D eigenvalue weighted by Crippen LogP contribution is -2.33. The lowest BCUT2D eigenvalue weighted by molar-refractivity contribution is 0.0944. The minimum atomic E-state index is -0.239. The number of para-hydroxylation sites is 1. The fraction of sp³-hybridized carbons (Fsp3) is 0.421. The first-order valence-electron chi connectivity index (χ1n) is 8.66. The summed E-state index contributed by atoms with van der Waals surface area (Å²) in [5, 5.41) is 11.2. The number of piperidine rings is 1. The molecule has 0 radical (unpaired) electrons. The van der Waals surface area contributed by atoms with Crippen LogP contribution in [0.25, 0.3) is 0 Å². The molecule has 0 aliphatic carbocycles. The van der Waals surface area contributed by atoms with Gasteiger partial charge >= 0.3 is 0 Å². The fourth-order valence-electron chi connectivity index (χ4n) is 2.97. The van der Waals surface area contributed by atoms with Gasteiger partial charge in [0.1, 0.15) is 5.75 Å². The molecule has 0 unspecified atom stereocenters. The number of benzene rings is 1. The van der Waals surface area contributed by atoms with E-state index in [1.807, 2.05) is 30.3 Å². The molecule has 132 valence electrons. The number of aromatic nitrogens is 2. The summed E-state index contributed by atoms with van der Waals surface area (Å²) in [5.41, 5.74) is 1.24. The molecule has 1 aromatic carbocycles. The number of nitrogens with one attached hydrogen (secondary N) is 1. The molecule has 0 bridgehead atoms. The first-order valence-corrected chi connectivity index (χ1v) is 8.66. The standard InChI is InChI=1S/C19H24N4O2/c1-14-9-11-23(12-10-14)18-8-7-16(21-22-18)19(24)20-13-15-5-3-4-6-17(15)25-2/h3-8,14H,9-13H2,1-2H3,(H,20,24). The maximum absolute atomic E-state index is 12.3. The highest BCUT2D eigenvalue weighted by molar-refractivity contribution is 5.92. The van der Waals surface area contributed by atoms with Gasteiger partial charge < -0.3 is 15.0 Å². The minimum absolute atomic E-state index is 0.239.